The van der Waals surface area contributed by atoms with Gasteiger partial charge in [0.15, 0.2) is 0 Å². The Morgan fingerprint density at radius 1 is 0.857 bits per heavy atom. The van der Waals surface area contributed by atoms with Gasteiger partial charge in [-0.15, -0.1) is 0 Å². The maximum atomic E-state index is 14.4. The molecule has 228 valence electrons. The van der Waals surface area contributed by atoms with Gasteiger partial charge in [0, 0.05) is 42.7 Å². The molecule has 0 aromatic heterocycles. The zero-order valence-electron chi connectivity index (χ0n) is 24.0. The van der Waals surface area contributed by atoms with E-state index in [0.29, 0.717) is 42.3 Å². The largest absolute Gasteiger partial charge is 0.343 e. The Morgan fingerprint density at radius 3 is 2.12 bits per heavy atom. The van der Waals surface area contributed by atoms with E-state index in [4.69, 9.17) is 11.6 Å². The third-order valence-electron chi connectivity index (χ3n) is 10.1. The molecule has 0 bridgehead atoms. The number of hydrogen-bond acceptors (Lipinski definition) is 4. The number of nitrogens with zero attached hydrogens (tertiary/aromatic N) is 3. The van der Waals surface area contributed by atoms with E-state index in [-0.39, 0.29) is 10.8 Å². The highest BCUT2D eigenvalue weighted by Gasteiger charge is 2.57. The highest BCUT2D eigenvalue weighted by Crippen LogP contribution is 2.59. The van der Waals surface area contributed by atoms with Crippen LogP contribution in [0.1, 0.15) is 82.2 Å². The van der Waals surface area contributed by atoms with E-state index in [1.807, 2.05) is 4.90 Å². The Balaban J connectivity index is 1.25. The van der Waals surface area contributed by atoms with Gasteiger partial charge in [-0.05, 0) is 118 Å². The van der Waals surface area contributed by atoms with Crippen molar-refractivity contribution >= 4 is 27.5 Å². The van der Waals surface area contributed by atoms with Gasteiger partial charge in [-0.3, -0.25) is 4.79 Å². The van der Waals surface area contributed by atoms with E-state index in [9.17, 15) is 22.0 Å². The van der Waals surface area contributed by atoms with E-state index in [1.54, 1.807) is 0 Å². The summed E-state index contributed by atoms with van der Waals surface area (Å²) in [6.45, 7) is 3.77. The molecular weight excluding hydrogens is 580 g/mol. The molecule has 0 radical (unpaired) electrons. The lowest BCUT2D eigenvalue weighted by Crippen LogP contribution is -2.52. The first-order valence-corrected chi connectivity index (χ1v) is 17.3. The first-order chi connectivity index (χ1) is 20.2. The molecule has 3 heterocycles. The molecule has 10 heteroatoms. The van der Waals surface area contributed by atoms with Gasteiger partial charge in [0.2, 0.25) is 15.9 Å². The van der Waals surface area contributed by atoms with Crippen LogP contribution >= 0.6 is 11.6 Å². The standard InChI is InChI=1S/C32H40ClF2N3O3S/c33-24-7-9-28(10-8-24)42(40,41)38-29(23-19-25(34)21-26(35)20-23)5-4-6-30(38)32(13-14-32)22-31(39)37-17-11-27(12-18-37)36-15-2-1-3-16-36/h7-10,19-21,27,29-30H,1-6,11-18,22H2. The SMILES string of the molecule is O=C(CC1(C2CCCC(c3cc(F)cc(F)c3)N2S(=O)(=O)c2ccc(Cl)cc2)CC1)N1CCC(N2CCCCC2)CC1. The Kier molecular flexibility index (Phi) is 8.66. The molecule has 0 N–H and O–H groups in total. The van der Waals surface area contributed by atoms with Gasteiger partial charge in [-0.25, -0.2) is 17.2 Å². The smallest absolute Gasteiger partial charge is 0.243 e. The van der Waals surface area contributed by atoms with Crippen molar-refractivity contribution in [1.29, 1.82) is 0 Å². The molecule has 2 unspecified atom stereocenters. The normalized spacial score (nSPS) is 25.8. The predicted molar refractivity (Wildman–Crippen MR) is 159 cm³/mol. The summed E-state index contributed by atoms with van der Waals surface area (Å²) in [7, 11) is -4.08. The van der Waals surface area contributed by atoms with Crippen molar-refractivity contribution in [2.45, 2.75) is 93.7 Å². The molecule has 1 aliphatic carbocycles. The molecule has 3 saturated heterocycles. The van der Waals surface area contributed by atoms with Crippen LogP contribution in [0.5, 0.6) is 0 Å². The number of amides is 1. The first kappa shape index (κ1) is 30.0. The van der Waals surface area contributed by atoms with Gasteiger partial charge in [0.25, 0.3) is 0 Å². The van der Waals surface area contributed by atoms with Gasteiger partial charge >= 0.3 is 0 Å². The molecule has 2 aromatic carbocycles. The number of hydrogen-bond donors (Lipinski definition) is 0. The molecule has 2 atom stereocenters. The number of carbonyl (C=O) groups excluding carboxylic acids is 1. The Morgan fingerprint density at radius 2 is 1.50 bits per heavy atom. The minimum atomic E-state index is -4.08. The zero-order valence-corrected chi connectivity index (χ0v) is 25.6. The van der Waals surface area contributed by atoms with Crippen molar-refractivity contribution in [3.63, 3.8) is 0 Å². The number of benzene rings is 2. The second kappa shape index (κ2) is 12.1. The van der Waals surface area contributed by atoms with Crippen molar-refractivity contribution in [2.24, 2.45) is 5.41 Å². The van der Waals surface area contributed by atoms with Crippen LogP contribution in [0, 0.1) is 17.0 Å². The molecular formula is C32H40ClF2N3O3S. The lowest BCUT2D eigenvalue weighted by atomic mass is 9.82. The molecule has 2 aromatic rings. The summed E-state index contributed by atoms with van der Waals surface area (Å²) in [5.74, 6) is -1.38. The Hall–Kier alpha value is -2.07. The lowest BCUT2D eigenvalue weighted by molar-refractivity contribution is -0.135. The molecule has 6 rings (SSSR count). The van der Waals surface area contributed by atoms with Gasteiger partial charge in [-0.1, -0.05) is 18.0 Å². The quantitative estimate of drug-likeness (QED) is 0.353. The monoisotopic (exact) mass is 619 g/mol. The summed E-state index contributed by atoms with van der Waals surface area (Å²) in [5, 5.41) is 0.418. The van der Waals surface area contributed by atoms with E-state index in [0.717, 1.165) is 57.9 Å². The van der Waals surface area contributed by atoms with Crippen LogP contribution in [0.15, 0.2) is 47.4 Å². The number of halogens is 3. The van der Waals surface area contributed by atoms with Gasteiger partial charge < -0.3 is 9.80 Å². The van der Waals surface area contributed by atoms with Crippen LogP contribution in [0.3, 0.4) is 0 Å². The van der Waals surface area contributed by atoms with Crippen LogP contribution in [0.25, 0.3) is 0 Å². The average molecular weight is 620 g/mol. The van der Waals surface area contributed by atoms with Crippen molar-refractivity contribution in [3.8, 4) is 0 Å². The van der Waals surface area contributed by atoms with Crippen LogP contribution < -0.4 is 0 Å². The van der Waals surface area contributed by atoms with E-state index in [1.165, 1.54) is 60.0 Å². The van der Waals surface area contributed by atoms with Gasteiger partial charge in [0.05, 0.1) is 10.9 Å². The summed E-state index contributed by atoms with van der Waals surface area (Å²) in [5.41, 5.74) is -0.179. The predicted octanol–water partition coefficient (Wildman–Crippen LogP) is 6.55. The highest BCUT2D eigenvalue weighted by atomic mass is 35.5. The molecule has 1 amide bonds. The first-order valence-electron chi connectivity index (χ1n) is 15.4. The van der Waals surface area contributed by atoms with E-state index in [2.05, 4.69) is 4.90 Å². The summed E-state index contributed by atoms with van der Waals surface area (Å²) in [4.78, 5) is 18.4. The van der Waals surface area contributed by atoms with Gasteiger partial charge in [-0.2, -0.15) is 4.31 Å². The molecule has 0 spiro atoms. The van der Waals surface area contributed by atoms with Crippen molar-refractivity contribution < 1.29 is 22.0 Å². The van der Waals surface area contributed by atoms with Gasteiger partial charge in [0.1, 0.15) is 11.6 Å². The zero-order chi connectivity index (χ0) is 29.5. The minimum Gasteiger partial charge on any atom is -0.343 e. The third-order valence-corrected chi connectivity index (χ3v) is 12.2. The molecule has 4 aliphatic rings. The fourth-order valence-corrected chi connectivity index (χ4v) is 9.74. The Bertz CT molecular complexity index is 1370. The molecule has 42 heavy (non-hydrogen) atoms. The van der Waals surface area contributed by atoms with Crippen molar-refractivity contribution in [1.82, 2.24) is 14.1 Å². The second-order valence-electron chi connectivity index (χ2n) is 12.7. The maximum absolute atomic E-state index is 14.4. The van der Waals surface area contributed by atoms with Crippen molar-refractivity contribution in [2.75, 3.05) is 26.2 Å². The summed E-state index contributed by atoms with van der Waals surface area (Å²) >= 11 is 6.07. The summed E-state index contributed by atoms with van der Waals surface area (Å²) < 4.78 is 58.8. The number of sulfonamides is 1. The fourth-order valence-electron chi connectivity index (χ4n) is 7.66. The number of likely N-dealkylation sites (tertiary alicyclic amines) is 2. The van der Waals surface area contributed by atoms with E-state index >= 15 is 0 Å². The number of carbonyl (C=O) groups is 1. The lowest BCUT2D eigenvalue weighted by Gasteiger charge is -2.45. The highest BCUT2D eigenvalue weighted by molar-refractivity contribution is 7.89. The van der Waals surface area contributed by atoms with Crippen LogP contribution in [0.4, 0.5) is 8.78 Å². The third kappa shape index (κ3) is 6.12. The summed E-state index contributed by atoms with van der Waals surface area (Å²) in [6.07, 6.45) is 9.32. The number of piperidine rings is 3. The molecule has 3 aliphatic heterocycles. The van der Waals surface area contributed by atoms with Crippen LogP contribution in [-0.4, -0.2) is 66.7 Å². The van der Waals surface area contributed by atoms with Crippen LogP contribution in [0.2, 0.25) is 5.02 Å². The molecule has 6 nitrogen and oxygen atoms in total. The maximum Gasteiger partial charge on any atom is 0.243 e. The number of rotatable bonds is 7. The molecule has 4 fully saturated rings. The van der Waals surface area contributed by atoms with Crippen molar-refractivity contribution in [3.05, 3.63) is 64.7 Å². The summed E-state index contributed by atoms with van der Waals surface area (Å²) in [6, 6.07) is 8.65. The fraction of sp³-hybridized carbons (Fsp3) is 0.594. The minimum absolute atomic E-state index is 0.0857. The average Bonchev–Trinajstić information content (AvgIpc) is 3.77. The van der Waals surface area contributed by atoms with E-state index < -0.39 is 39.2 Å². The topological polar surface area (TPSA) is 60.9 Å². The Labute approximate surface area is 253 Å². The van der Waals surface area contributed by atoms with Crippen LogP contribution in [-0.2, 0) is 14.8 Å². The second-order valence-corrected chi connectivity index (χ2v) is 15.0. The molecule has 1 saturated carbocycles.